The van der Waals surface area contributed by atoms with Gasteiger partial charge in [-0.3, -0.25) is 0 Å². The first-order chi connectivity index (χ1) is 8.93. The van der Waals surface area contributed by atoms with Crippen molar-refractivity contribution in [1.29, 1.82) is 0 Å². The molecule has 0 N–H and O–H groups in total. The Hall–Kier alpha value is -1.02. The van der Waals surface area contributed by atoms with Gasteiger partial charge in [-0.15, -0.1) is 0 Å². The molecule has 1 aliphatic rings. The molecule has 7 heteroatoms. The predicted octanol–water partition coefficient (Wildman–Crippen LogP) is 1.01. The van der Waals surface area contributed by atoms with Crippen molar-refractivity contribution in [2.24, 2.45) is 0 Å². The van der Waals surface area contributed by atoms with Crippen LogP contribution < -0.4 is 0 Å². The van der Waals surface area contributed by atoms with E-state index in [1.165, 1.54) is 24.5 Å². The molecule has 1 saturated heterocycles. The summed E-state index contributed by atoms with van der Waals surface area (Å²) in [5, 5.41) is 0. The molecule has 0 bridgehead atoms. The second-order valence-electron chi connectivity index (χ2n) is 4.53. The van der Waals surface area contributed by atoms with Crippen molar-refractivity contribution in [3.63, 3.8) is 0 Å². The highest BCUT2D eigenvalue weighted by Gasteiger charge is 2.32. The molecular weight excluding hydrogens is 271 g/mol. The molecule has 1 aromatic rings. The summed E-state index contributed by atoms with van der Waals surface area (Å²) >= 11 is 0. The maximum atomic E-state index is 13.7. The van der Waals surface area contributed by atoms with Gasteiger partial charge in [0.1, 0.15) is 5.82 Å². The second-order valence-corrected chi connectivity index (χ2v) is 6.67. The summed E-state index contributed by atoms with van der Waals surface area (Å²) in [5.41, 5.74) is 0.390. The third-order valence-electron chi connectivity index (χ3n) is 3.07. The first kappa shape index (κ1) is 14.4. The number of hydrogen-bond donors (Lipinski definition) is 0. The Bertz CT molecular complexity index is 548. The van der Waals surface area contributed by atoms with E-state index in [0.717, 1.165) is 4.31 Å². The Morgan fingerprint density at radius 2 is 2.05 bits per heavy atom. The lowest BCUT2D eigenvalue weighted by molar-refractivity contribution is -0.00572. The topological polar surface area (TPSA) is 49.9 Å². The summed E-state index contributed by atoms with van der Waals surface area (Å²) in [5.74, 6) is -0.378. The van der Waals surface area contributed by atoms with Crippen LogP contribution in [-0.4, -0.2) is 50.8 Å². The van der Waals surface area contributed by atoms with E-state index in [1.807, 2.05) is 0 Å². The number of hydrogen-bond acceptors (Lipinski definition) is 3. The molecule has 1 heterocycles. The van der Waals surface area contributed by atoms with Crippen molar-refractivity contribution in [2.75, 3.05) is 33.8 Å². The van der Waals surface area contributed by atoms with Crippen LogP contribution in [0, 0.1) is 5.82 Å². The minimum Gasteiger partial charge on any atom is -0.371 e. The fourth-order valence-electron chi connectivity index (χ4n) is 1.99. The lowest BCUT2D eigenvalue weighted by atomic mass is 10.1. The molecule has 106 valence electrons. The zero-order valence-corrected chi connectivity index (χ0v) is 11.7. The van der Waals surface area contributed by atoms with Gasteiger partial charge in [0.05, 0.1) is 12.7 Å². The molecule has 2 rings (SSSR count). The maximum Gasteiger partial charge on any atom is 0.281 e. The van der Waals surface area contributed by atoms with Crippen molar-refractivity contribution in [3.8, 4) is 0 Å². The second kappa shape index (κ2) is 5.54. The summed E-state index contributed by atoms with van der Waals surface area (Å²) in [7, 11) is -0.539. The highest BCUT2D eigenvalue weighted by Crippen LogP contribution is 2.26. The zero-order chi connectivity index (χ0) is 14.0. The molecular formula is C12H17FN2O3S. The van der Waals surface area contributed by atoms with Gasteiger partial charge in [-0.25, -0.2) is 4.39 Å². The molecule has 0 aliphatic carbocycles. The highest BCUT2D eigenvalue weighted by molar-refractivity contribution is 7.86. The van der Waals surface area contributed by atoms with Crippen LogP contribution in [0.25, 0.3) is 0 Å². The fraction of sp³-hybridized carbons (Fsp3) is 0.500. The van der Waals surface area contributed by atoms with Gasteiger partial charge in [0, 0.05) is 32.7 Å². The molecule has 19 heavy (non-hydrogen) atoms. The SMILES string of the molecule is CN(C)S(=O)(=O)N1CCOC(c2ccccc2F)C1. The quantitative estimate of drug-likeness (QED) is 0.834. The molecule has 0 amide bonds. The highest BCUT2D eigenvalue weighted by atomic mass is 32.2. The summed E-state index contributed by atoms with van der Waals surface area (Å²) in [6, 6.07) is 6.26. The lowest BCUT2D eigenvalue weighted by Crippen LogP contribution is -2.47. The van der Waals surface area contributed by atoms with E-state index in [9.17, 15) is 12.8 Å². The molecule has 0 radical (unpaired) electrons. The van der Waals surface area contributed by atoms with Crippen LogP contribution in [0.1, 0.15) is 11.7 Å². The van der Waals surface area contributed by atoms with E-state index < -0.39 is 16.3 Å². The summed E-state index contributed by atoms with van der Waals surface area (Å²) in [6.07, 6.45) is -0.565. The molecule has 0 aromatic heterocycles. The van der Waals surface area contributed by atoms with Crippen LogP contribution in [0.2, 0.25) is 0 Å². The Balaban J connectivity index is 2.21. The van der Waals surface area contributed by atoms with Gasteiger partial charge in [0.2, 0.25) is 0 Å². The van der Waals surface area contributed by atoms with Gasteiger partial charge in [0.15, 0.2) is 0 Å². The average Bonchev–Trinajstić information content (AvgIpc) is 2.39. The average molecular weight is 288 g/mol. The summed E-state index contributed by atoms with van der Waals surface area (Å²) in [6.45, 7) is 0.666. The van der Waals surface area contributed by atoms with Crippen molar-refractivity contribution < 1.29 is 17.5 Å². The van der Waals surface area contributed by atoms with Gasteiger partial charge in [0.25, 0.3) is 10.2 Å². The smallest absolute Gasteiger partial charge is 0.281 e. The van der Waals surface area contributed by atoms with Gasteiger partial charge >= 0.3 is 0 Å². The molecule has 1 aromatic carbocycles. The number of halogens is 1. The summed E-state index contributed by atoms with van der Waals surface area (Å²) in [4.78, 5) is 0. The molecule has 0 saturated carbocycles. The Morgan fingerprint density at radius 1 is 1.37 bits per heavy atom. The van der Waals surface area contributed by atoms with E-state index in [0.29, 0.717) is 5.56 Å². The number of rotatable bonds is 3. The number of benzene rings is 1. The Labute approximate surface area is 112 Å². The Morgan fingerprint density at radius 3 is 2.68 bits per heavy atom. The number of nitrogens with zero attached hydrogens (tertiary/aromatic N) is 2. The monoisotopic (exact) mass is 288 g/mol. The van der Waals surface area contributed by atoms with Crippen LogP contribution in [-0.2, 0) is 14.9 Å². The number of ether oxygens (including phenoxy) is 1. The van der Waals surface area contributed by atoms with Gasteiger partial charge in [-0.1, -0.05) is 18.2 Å². The van der Waals surface area contributed by atoms with Crippen LogP contribution in [0.5, 0.6) is 0 Å². The van der Waals surface area contributed by atoms with E-state index in [-0.39, 0.29) is 25.5 Å². The van der Waals surface area contributed by atoms with Gasteiger partial charge in [-0.05, 0) is 6.07 Å². The maximum absolute atomic E-state index is 13.7. The molecule has 1 fully saturated rings. The van der Waals surface area contributed by atoms with Crippen LogP contribution in [0.3, 0.4) is 0 Å². The molecule has 1 unspecified atom stereocenters. The first-order valence-electron chi connectivity index (χ1n) is 5.96. The molecule has 0 spiro atoms. The van der Waals surface area contributed by atoms with Crippen molar-refractivity contribution in [1.82, 2.24) is 8.61 Å². The third-order valence-corrected chi connectivity index (χ3v) is 4.98. The standard InChI is InChI=1S/C12H17FN2O3S/c1-14(2)19(16,17)15-7-8-18-12(9-15)10-5-3-4-6-11(10)13/h3-6,12H,7-9H2,1-2H3. The normalized spacial score (nSPS) is 21.8. The largest absolute Gasteiger partial charge is 0.371 e. The Kier molecular flexibility index (Phi) is 4.19. The van der Waals surface area contributed by atoms with E-state index in [1.54, 1.807) is 18.2 Å². The van der Waals surface area contributed by atoms with Crippen molar-refractivity contribution in [2.45, 2.75) is 6.10 Å². The van der Waals surface area contributed by atoms with E-state index >= 15 is 0 Å². The zero-order valence-electron chi connectivity index (χ0n) is 10.9. The molecule has 1 aliphatic heterocycles. The number of morpholine rings is 1. The fourth-order valence-corrected chi connectivity index (χ4v) is 3.08. The van der Waals surface area contributed by atoms with Crippen LogP contribution >= 0.6 is 0 Å². The van der Waals surface area contributed by atoms with Crippen LogP contribution in [0.15, 0.2) is 24.3 Å². The minimum absolute atomic E-state index is 0.126. The first-order valence-corrected chi connectivity index (χ1v) is 7.36. The molecule has 1 atom stereocenters. The predicted molar refractivity (Wildman–Crippen MR) is 69.3 cm³/mol. The third kappa shape index (κ3) is 2.94. The van der Waals surface area contributed by atoms with E-state index in [2.05, 4.69) is 0 Å². The molecule has 5 nitrogen and oxygen atoms in total. The van der Waals surface area contributed by atoms with Gasteiger partial charge in [-0.2, -0.15) is 17.0 Å². The van der Waals surface area contributed by atoms with Crippen molar-refractivity contribution >= 4 is 10.2 Å². The van der Waals surface area contributed by atoms with Crippen molar-refractivity contribution in [3.05, 3.63) is 35.6 Å². The van der Waals surface area contributed by atoms with Crippen LogP contribution in [0.4, 0.5) is 4.39 Å². The van der Waals surface area contributed by atoms with Gasteiger partial charge < -0.3 is 4.74 Å². The minimum atomic E-state index is -3.49. The lowest BCUT2D eigenvalue weighted by Gasteiger charge is -2.33. The summed E-state index contributed by atoms with van der Waals surface area (Å²) < 4.78 is 45.7. The van der Waals surface area contributed by atoms with E-state index in [4.69, 9.17) is 4.74 Å².